The fraction of sp³-hybridized carbons (Fsp3) is 0.261. The average molecular weight is 456 g/mol. The zero-order valence-corrected chi connectivity index (χ0v) is 19.1. The van der Waals surface area contributed by atoms with Crippen molar-refractivity contribution in [3.63, 3.8) is 0 Å². The molecular formula is C23H25N3O5S. The number of sulfonamides is 1. The number of Topliss-reactive ketones (excluding diaryl/α,β-unsaturated/α-hetero) is 1. The lowest BCUT2D eigenvalue weighted by Gasteiger charge is -2.12. The standard InChI is InChI=1S/C23H25N3O5S/c1-15(27)17-9-11-19(12-10-17)32(29,30)24-14-16-5-7-18(8-6-16)22(28)25-21-13-20(31-26-21)23(2,3)4/h5-13,24H,14H2,1-4H3,(H,25,26,28). The molecule has 0 unspecified atom stereocenters. The topological polar surface area (TPSA) is 118 Å². The Hall–Kier alpha value is -3.30. The van der Waals surface area contributed by atoms with Crippen molar-refractivity contribution in [3.05, 3.63) is 77.0 Å². The lowest BCUT2D eigenvalue weighted by atomic mass is 9.93. The van der Waals surface area contributed by atoms with E-state index in [1.54, 1.807) is 30.3 Å². The Balaban J connectivity index is 1.61. The summed E-state index contributed by atoms with van der Waals surface area (Å²) >= 11 is 0. The first-order valence-corrected chi connectivity index (χ1v) is 11.4. The maximum atomic E-state index is 12.5. The van der Waals surface area contributed by atoms with Crippen molar-refractivity contribution in [2.45, 2.75) is 44.6 Å². The molecule has 0 atom stereocenters. The van der Waals surface area contributed by atoms with Gasteiger partial charge < -0.3 is 9.84 Å². The normalized spacial score (nSPS) is 11.9. The molecule has 1 aromatic heterocycles. The molecule has 0 bridgehead atoms. The number of anilines is 1. The van der Waals surface area contributed by atoms with Crippen LogP contribution in [-0.2, 0) is 22.0 Å². The van der Waals surface area contributed by atoms with Crippen molar-refractivity contribution < 1.29 is 22.5 Å². The van der Waals surface area contributed by atoms with E-state index in [0.717, 1.165) is 0 Å². The highest BCUT2D eigenvalue weighted by atomic mass is 32.2. The molecule has 2 aromatic carbocycles. The molecule has 1 amide bonds. The maximum absolute atomic E-state index is 12.5. The predicted octanol–water partition coefficient (Wildman–Crippen LogP) is 3.91. The Bertz CT molecular complexity index is 1220. The second-order valence-electron chi connectivity index (χ2n) is 8.38. The molecule has 0 fully saturated rings. The quantitative estimate of drug-likeness (QED) is 0.522. The first-order chi connectivity index (χ1) is 15.0. The molecule has 32 heavy (non-hydrogen) atoms. The van der Waals surface area contributed by atoms with Crippen LogP contribution in [0.2, 0.25) is 0 Å². The van der Waals surface area contributed by atoms with E-state index in [2.05, 4.69) is 15.2 Å². The van der Waals surface area contributed by atoms with Gasteiger partial charge in [0.15, 0.2) is 11.6 Å². The molecule has 2 N–H and O–H groups in total. The minimum absolute atomic E-state index is 0.0525. The number of hydrogen-bond acceptors (Lipinski definition) is 6. The maximum Gasteiger partial charge on any atom is 0.256 e. The summed E-state index contributed by atoms with van der Waals surface area (Å²) in [7, 11) is -3.74. The molecule has 0 aliphatic rings. The number of nitrogens with zero attached hydrogens (tertiary/aromatic N) is 1. The number of benzene rings is 2. The Labute approximate surface area is 187 Å². The largest absolute Gasteiger partial charge is 0.359 e. The van der Waals surface area contributed by atoms with Crippen molar-refractivity contribution in [2.24, 2.45) is 0 Å². The van der Waals surface area contributed by atoms with Crippen LogP contribution in [0.15, 0.2) is 64.0 Å². The molecule has 0 aliphatic heterocycles. The van der Waals surface area contributed by atoms with Crippen molar-refractivity contribution in [2.75, 3.05) is 5.32 Å². The molecule has 168 valence electrons. The van der Waals surface area contributed by atoms with Gasteiger partial charge >= 0.3 is 0 Å². The van der Waals surface area contributed by atoms with E-state index in [4.69, 9.17) is 4.52 Å². The van der Waals surface area contributed by atoms with E-state index in [1.807, 2.05) is 20.8 Å². The summed E-state index contributed by atoms with van der Waals surface area (Å²) in [6.45, 7) is 7.41. The summed E-state index contributed by atoms with van der Waals surface area (Å²) in [6, 6.07) is 14.0. The lowest BCUT2D eigenvalue weighted by molar-refractivity contribution is 0.101. The second-order valence-corrected chi connectivity index (χ2v) is 10.1. The summed E-state index contributed by atoms with van der Waals surface area (Å²) in [5.74, 6) is 0.500. The van der Waals surface area contributed by atoms with Gasteiger partial charge in [-0.1, -0.05) is 50.2 Å². The zero-order valence-electron chi connectivity index (χ0n) is 18.3. The van der Waals surface area contributed by atoms with Gasteiger partial charge in [0.25, 0.3) is 5.91 Å². The van der Waals surface area contributed by atoms with Gasteiger partial charge in [-0.3, -0.25) is 9.59 Å². The second kappa shape index (κ2) is 9.05. The molecular weight excluding hydrogens is 430 g/mol. The van der Waals surface area contributed by atoms with Gasteiger partial charge in [-0.2, -0.15) is 0 Å². The molecule has 1 heterocycles. The van der Waals surface area contributed by atoms with Crippen LogP contribution in [-0.4, -0.2) is 25.3 Å². The van der Waals surface area contributed by atoms with Gasteiger partial charge in [-0.25, -0.2) is 13.1 Å². The SMILES string of the molecule is CC(=O)c1ccc(S(=O)(=O)NCc2ccc(C(=O)Nc3cc(C(C)(C)C)on3)cc2)cc1. The van der Waals surface area contributed by atoms with Crippen molar-refractivity contribution in [1.82, 2.24) is 9.88 Å². The third-order valence-electron chi connectivity index (χ3n) is 4.74. The van der Waals surface area contributed by atoms with Gasteiger partial charge in [0.05, 0.1) is 4.90 Å². The Morgan fingerprint density at radius 1 is 0.969 bits per heavy atom. The molecule has 3 rings (SSSR count). The number of aromatic nitrogens is 1. The molecule has 0 radical (unpaired) electrons. The van der Waals surface area contributed by atoms with E-state index < -0.39 is 10.0 Å². The van der Waals surface area contributed by atoms with Gasteiger partial charge in [0.2, 0.25) is 10.0 Å². The number of rotatable bonds is 7. The van der Waals surface area contributed by atoms with E-state index in [0.29, 0.717) is 28.3 Å². The summed E-state index contributed by atoms with van der Waals surface area (Å²) in [5, 5.41) is 6.54. The highest BCUT2D eigenvalue weighted by molar-refractivity contribution is 7.89. The number of hydrogen-bond donors (Lipinski definition) is 2. The molecule has 0 saturated heterocycles. The van der Waals surface area contributed by atoms with Gasteiger partial charge in [0, 0.05) is 29.2 Å². The number of ketones is 1. The monoisotopic (exact) mass is 455 g/mol. The number of carbonyl (C=O) groups excluding carboxylic acids is 2. The predicted molar refractivity (Wildman–Crippen MR) is 120 cm³/mol. The van der Waals surface area contributed by atoms with E-state index in [-0.39, 0.29) is 28.5 Å². The first-order valence-electron chi connectivity index (χ1n) is 9.94. The van der Waals surface area contributed by atoms with Crippen LogP contribution in [0.25, 0.3) is 0 Å². The minimum Gasteiger partial charge on any atom is -0.359 e. The van der Waals surface area contributed by atoms with Crippen LogP contribution in [0.3, 0.4) is 0 Å². The summed E-state index contributed by atoms with van der Waals surface area (Å²) in [5.41, 5.74) is 1.30. The Morgan fingerprint density at radius 3 is 2.09 bits per heavy atom. The van der Waals surface area contributed by atoms with Crippen molar-refractivity contribution in [3.8, 4) is 0 Å². The molecule has 8 nitrogen and oxygen atoms in total. The highest BCUT2D eigenvalue weighted by Crippen LogP contribution is 2.24. The van der Waals surface area contributed by atoms with Gasteiger partial charge in [0.1, 0.15) is 5.76 Å². The van der Waals surface area contributed by atoms with Crippen molar-refractivity contribution in [1.29, 1.82) is 0 Å². The summed E-state index contributed by atoms with van der Waals surface area (Å²) in [4.78, 5) is 23.8. The molecule has 0 saturated carbocycles. The van der Waals surface area contributed by atoms with E-state index >= 15 is 0 Å². The summed E-state index contributed by atoms with van der Waals surface area (Å²) in [6.07, 6.45) is 0. The molecule has 3 aromatic rings. The van der Waals surface area contributed by atoms with Gasteiger partial charge in [-0.15, -0.1) is 0 Å². The molecule has 9 heteroatoms. The van der Waals surface area contributed by atoms with Crippen LogP contribution < -0.4 is 10.0 Å². The van der Waals surface area contributed by atoms with E-state index in [1.165, 1.54) is 31.2 Å². The highest BCUT2D eigenvalue weighted by Gasteiger charge is 2.20. The fourth-order valence-corrected chi connectivity index (χ4v) is 3.80. The lowest BCUT2D eigenvalue weighted by Crippen LogP contribution is -2.23. The van der Waals surface area contributed by atoms with Crippen LogP contribution in [0, 0.1) is 0 Å². The van der Waals surface area contributed by atoms with Gasteiger partial charge in [-0.05, 0) is 36.8 Å². The minimum atomic E-state index is -3.74. The molecule has 0 aliphatic carbocycles. The van der Waals surface area contributed by atoms with E-state index in [9.17, 15) is 18.0 Å². The average Bonchev–Trinajstić information content (AvgIpc) is 3.22. The smallest absolute Gasteiger partial charge is 0.256 e. The molecule has 0 spiro atoms. The first kappa shape index (κ1) is 23.4. The Kier molecular flexibility index (Phi) is 6.61. The van der Waals surface area contributed by atoms with Crippen LogP contribution in [0.4, 0.5) is 5.82 Å². The van der Waals surface area contributed by atoms with Crippen LogP contribution in [0.1, 0.15) is 59.7 Å². The number of nitrogens with one attached hydrogen (secondary N) is 2. The summed E-state index contributed by atoms with van der Waals surface area (Å²) < 4.78 is 32.7. The third kappa shape index (κ3) is 5.68. The number of amides is 1. The van der Waals surface area contributed by atoms with Crippen molar-refractivity contribution >= 4 is 27.5 Å². The fourth-order valence-electron chi connectivity index (χ4n) is 2.78. The van der Waals surface area contributed by atoms with Crippen LogP contribution >= 0.6 is 0 Å². The number of carbonyl (C=O) groups is 2. The Morgan fingerprint density at radius 2 is 1.56 bits per heavy atom. The van der Waals surface area contributed by atoms with Crippen LogP contribution in [0.5, 0.6) is 0 Å². The zero-order chi connectivity index (χ0) is 23.5. The third-order valence-corrected chi connectivity index (χ3v) is 6.16.